The molecule has 0 aliphatic heterocycles. The second-order valence-electron chi connectivity index (χ2n) is 3.93. The highest BCUT2D eigenvalue weighted by Crippen LogP contribution is 2.18. The lowest BCUT2D eigenvalue weighted by Crippen LogP contribution is -2.33. The fourth-order valence-corrected chi connectivity index (χ4v) is 3.19. The summed E-state index contributed by atoms with van der Waals surface area (Å²) in [5, 5.41) is 11.9. The molecule has 6 nitrogen and oxygen atoms in total. The number of nitrogens with zero attached hydrogens (tertiary/aromatic N) is 1. The summed E-state index contributed by atoms with van der Waals surface area (Å²) >= 11 is 3.19. The molecule has 0 aromatic heterocycles. The topological polar surface area (TPSA) is 91.2 Å². The number of ether oxygens (including phenoxy) is 1. The molecule has 8 heteroatoms. The summed E-state index contributed by atoms with van der Waals surface area (Å²) in [6.07, 6.45) is 0. The standard InChI is InChI=1S/C12H16BrN3O3S/c1-19-5-4-15-2-3-16-20(17,18)12-7-10(9-14)6-11(13)8-12/h6-8,15-16H,2-5H2,1H3. The van der Waals surface area contributed by atoms with Gasteiger partial charge in [-0.05, 0) is 18.2 Å². The van der Waals surface area contributed by atoms with Crippen molar-refractivity contribution >= 4 is 26.0 Å². The van der Waals surface area contributed by atoms with Crippen LogP contribution in [0, 0.1) is 11.3 Å². The Hall–Kier alpha value is -0.980. The lowest BCUT2D eigenvalue weighted by atomic mass is 10.2. The van der Waals surface area contributed by atoms with Crippen molar-refractivity contribution in [2.24, 2.45) is 0 Å². The molecule has 0 saturated carbocycles. The molecule has 0 spiro atoms. The fraction of sp³-hybridized carbons (Fsp3) is 0.417. The highest BCUT2D eigenvalue weighted by atomic mass is 79.9. The number of benzene rings is 1. The summed E-state index contributed by atoms with van der Waals surface area (Å²) < 4.78 is 32.0. The zero-order valence-electron chi connectivity index (χ0n) is 11.0. The summed E-state index contributed by atoms with van der Waals surface area (Å²) in [5.41, 5.74) is 0.290. The van der Waals surface area contributed by atoms with Crippen LogP contribution in [0.1, 0.15) is 5.56 Å². The van der Waals surface area contributed by atoms with Crippen LogP contribution in [-0.2, 0) is 14.8 Å². The molecule has 0 heterocycles. The number of sulfonamides is 1. The Morgan fingerprint density at radius 2 is 2.05 bits per heavy atom. The molecule has 110 valence electrons. The molecule has 0 aliphatic rings. The van der Waals surface area contributed by atoms with Gasteiger partial charge in [0.1, 0.15) is 0 Å². The van der Waals surface area contributed by atoms with E-state index in [1.165, 1.54) is 12.1 Å². The molecule has 1 rings (SSSR count). The van der Waals surface area contributed by atoms with Crippen LogP contribution in [-0.4, -0.2) is 41.8 Å². The Morgan fingerprint density at radius 3 is 2.70 bits per heavy atom. The smallest absolute Gasteiger partial charge is 0.240 e. The quantitative estimate of drug-likeness (QED) is 0.669. The van der Waals surface area contributed by atoms with Crippen molar-refractivity contribution in [3.63, 3.8) is 0 Å². The molecule has 1 aromatic rings. The van der Waals surface area contributed by atoms with E-state index < -0.39 is 10.0 Å². The van der Waals surface area contributed by atoms with E-state index >= 15 is 0 Å². The number of nitriles is 1. The third kappa shape index (κ3) is 5.56. The van der Waals surface area contributed by atoms with Gasteiger partial charge in [-0.2, -0.15) is 5.26 Å². The zero-order valence-corrected chi connectivity index (χ0v) is 13.4. The van der Waals surface area contributed by atoms with Crippen molar-refractivity contribution in [3.8, 4) is 6.07 Å². The molecule has 0 unspecified atom stereocenters. The van der Waals surface area contributed by atoms with Crippen molar-refractivity contribution in [3.05, 3.63) is 28.2 Å². The Labute approximate surface area is 127 Å². The molecule has 0 saturated heterocycles. The molecule has 1 aromatic carbocycles. The van der Waals surface area contributed by atoms with Crippen molar-refractivity contribution in [2.75, 3.05) is 33.4 Å². The summed E-state index contributed by atoms with van der Waals surface area (Å²) in [6.45, 7) is 2.00. The number of methoxy groups -OCH3 is 1. The minimum absolute atomic E-state index is 0.0697. The highest BCUT2D eigenvalue weighted by Gasteiger charge is 2.14. The van der Waals surface area contributed by atoms with Crippen LogP contribution in [0.5, 0.6) is 0 Å². The number of nitrogens with one attached hydrogen (secondary N) is 2. The van der Waals surface area contributed by atoms with Gasteiger partial charge in [-0.25, -0.2) is 13.1 Å². The predicted octanol–water partition coefficient (Wildman–Crippen LogP) is 0.835. The number of halogens is 1. The van der Waals surface area contributed by atoms with Crippen LogP contribution in [0.4, 0.5) is 0 Å². The van der Waals surface area contributed by atoms with Gasteiger partial charge in [0.05, 0.1) is 23.1 Å². The molecule has 0 amide bonds. The van der Waals surface area contributed by atoms with Crippen molar-refractivity contribution in [1.29, 1.82) is 5.26 Å². The maximum Gasteiger partial charge on any atom is 0.240 e. The van der Waals surface area contributed by atoms with Gasteiger partial charge in [0.15, 0.2) is 0 Å². The predicted molar refractivity (Wildman–Crippen MR) is 78.8 cm³/mol. The molecular weight excluding hydrogens is 346 g/mol. The Morgan fingerprint density at radius 1 is 1.30 bits per heavy atom. The van der Waals surface area contributed by atoms with Crippen molar-refractivity contribution < 1.29 is 13.2 Å². The van der Waals surface area contributed by atoms with Gasteiger partial charge in [-0.1, -0.05) is 15.9 Å². The molecule has 0 radical (unpaired) electrons. The molecule has 20 heavy (non-hydrogen) atoms. The second-order valence-corrected chi connectivity index (χ2v) is 6.61. The van der Waals surface area contributed by atoms with Crippen LogP contribution in [0.25, 0.3) is 0 Å². The van der Waals surface area contributed by atoms with Gasteiger partial charge in [-0.3, -0.25) is 0 Å². The maximum atomic E-state index is 12.0. The van der Waals surface area contributed by atoms with E-state index in [-0.39, 0.29) is 17.0 Å². The molecule has 2 N–H and O–H groups in total. The van der Waals surface area contributed by atoms with Gasteiger partial charge in [0.2, 0.25) is 10.0 Å². The van der Waals surface area contributed by atoms with Gasteiger partial charge in [0.25, 0.3) is 0 Å². The van der Waals surface area contributed by atoms with E-state index in [1.54, 1.807) is 13.2 Å². The lowest BCUT2D eigenvalue weighted by molar-refractivity contribution is 0.199. The minimum Gasteiger partial charge on any atom is -0.383 e. The Bertz CT molecular complexity index is 584. The first kappa shape index (κ1) is 17.1. The second kappa shape index (κ2) is 8.34. The fourth-order valence-electron chi connectivity index (χ4n) is 1.44. The maximum absolute atomic E-state index is 12.0. The van der Waals surface area contributed by atoms with Gasteiger partial charge in [0, 0.05) is 31.2 Å². The number of hydrogen-bond acceptors (Lipinski definition) is 5. The van der Waals surface area contributed by atoms with Crippen LogP contribution in [0.2, 0.25) is 0 Å². The van der Waals surface area contributed by atoms with E-state index in [9.17, 15) is 8.42 Å². The van der Waals surface area contributed by atoms with E-state index in [4.69, 9.17) is 10.00 Å². The van der Waals surface area contributed by atoms with Crippen LogP contribution in [0.15, 0.2) is 27.6 Å². The third-order valence-electron chi connectivity index (χ3n) is 2.39. The van der Waals surface area contributed by atoms with Crippen LogP contribution < -0.4 is 10.0 Å². The molecule has 0 aliphatic carbocycles. The summed E-state index contributed by atoms with van der Waals surface area (Å²) in [5.74, 6) is 0. The van der Waals surface area contributed by atoms with E-state index in [1.807, 2.05) is 6.07 Å². The van der Waals surface area contributed by atoms with Crippen molar-refractivity contribution in [1.82, 2.24) is 10.0 Å². The largest absolute Gasteiger partial charge is 0.383 e. The average molecular weight is 362 g/mol. The average Bonchev–Trinajstić information content (AvgIpc) is 2.42. The van der Waals surface area contributed by atoms with Gasteiger partial charge in [-0.15, -0.1) is 0 Å². The summed E-state index contributed by atoms with van der Waals surface area (Å²) in [4.78, 5) is 0.0697. The minimum atomic E-state index is -3.61. The Kier molecular flexibility index (Phi) is 7.12. The van der Waals surface area contributed by atoms with E-state index in [0.717, 1.165) is 0 Å². The summed E-state index contributed by atoms with van der Waals surface area (Å²) in [6, 6.07) is 6.28. The van der Waals surface area contributed by atoms with E-state index in [0.29, 0.717) is 24.2 Å². The third-order valence-corrected chi connectivity index (χ3v) is 4.29. The Balaban J connectivity index is 2.61. The number of rotatable bonds is 8. The normalized spacial score (nSPS) is 11.2. The lowest BCUT2D eigenvalue weighted by Gasteiger charge is -2.08. The van der Waals surface area contributed by atoms with E-state index in [2.05, 4.69) is 26.0 Å². The van der Waals surface area contributed by atoms with Gasteiger partial charge < -0.3 is 10.1 Å². The molecule has 0 fully saturated rings. The molecular formula is C12H16BrN3O3S. The first-order chi connectivity index (χ1) is 9.49. The highest BCUT2D eigenvalue weighted by molar-refractivity contribution is 9.10. The van der Waals surface area contributed by atoms with Crippen LogP contribution >= 0.6 is 15.9 Å². The molecule has 0 bridgehead atoms. The summed E-state index contributed by atoms with van der Waals surface area (Å²) in [7, 11) is -2.01. The van der Waals surface area contributed by atoms with Crippen molar-refractivity contribution in [2.45, 2.75) is 4.90 Å². The molecule has 0 atom stereocenters. The van der Waals surface area contributed by atoms with Gasteiger partial charge >= 0.3 is 0 Å². The first-order valence-electron chi connectivity index (χ1n) is 5.89. The SMILES string of the molecule is COCCNCCNS(=O)(=O)c1cc(Br)cc(C#N)c1. The van der Waals surface area contributed by atoms with Crippen LogP contribution in [0.3, 0.4) is 0 Å². The first-order valence-corrected chi connectivity index (χ1v) is 8.17. The zero-order chi connectivity index (χ0) is 15.0. The number of hydrogen-bond donors (Lipinski definition) is 2. The monoisotopic (exact) mass is 361 g/mol.